The summed E-state index contributed by atoms with van der Waals surface area (Å²) in [7, 11) is 0. The van der Waals surface area contributed by atoms with Crippen molar-refractivity contribution in [3.8, 4) is 0 Å². The van der Waals surface area contributed by atoms with Crippen molar-refractivity contribution in [3.63, 3.8) is 0 Å². The summed E-state index contributed by atoms with van der Waals surface area (Å²) in [5.74, 6) is 0. The molecule has 0 aliphatic heterocycles. The Balaban J connectivity index is 2.81. The van der Waals surface area contributed by atoms with E-state index in [4.69, 9.17) is 5.73 Å². The van der Waals surface area contributed by atoms with Gasteiger partial charge in [0.2, 0.25) is 0 Å². The lowest BCUT2D eigenvalue weighted by Crippen LogP contribution is -2.28. The first-order valence-electron chi connectivity index (χ1n) is 5.29. The van der Waals surface area contributed by atoms with Crippen LogP contribution < -0.4 is 11.1 Å². The minimum atomic E-state index is -0.375. The van der Waals surface area contributed by atoms with Gasteiger partial charge in [-0.05, 0) is 19.4 Å². The van der Waals surface area contributed by atoms with Gasteiger partial charge in [-0.1, -0.05) is 13.0 Å². The third-order valence-corrected chi connectivity index (χ3v) is 2.58. The Kier molecular flexibility index (Phi) is 4.25. The Hall–Kier alpha value is -1.62. The van der Waals surface area contributed by atoms with E-state index in [-0.39, 0.29) is 16.7 Å². The second-order valence-corrected chi connectivity index (χ2v) is 3.76. The molecule has 0 aliphatic rings. The molecule has 1 unspecified atom stereocenters. The third kappa shape index (κ3) is 2.93. The fourth-order valence-corrected chi connectivity index (χ4v) is 1.40. The van der Waals surface area contributed by atoms with Gasteiger partial charge in [-0.3, -0.25) is 10.1 Å². The van der Waals surface area contributed by atoms with Crippen LogP contribution in [-0.2, 0) is 0 Å². The molecule has 0 radical (unpaired) electrons. The summed E-state index contributed by atoms with van der Waals surface area (Å²) in [4.78, 5) is 10.3. The van der Waals surface area contributed by atoms with Crippen LogP contribution in [0, 0.1) is 17.0 Å². The van der Waals surface area contributed by atoms with Crippen LogP contribution in [0.3, 0.4) is 0 Å². The number of benzene rings is 1. The largest absolute Gasteiger partial charge is 0.383 e. The highest BCUT2D eigenvalue weighted by atomic mass is 16.6. The Morgan fingerprint density at radius 1 is 1.56 bits per heavy atom. The lowest BCUT2D eigenvalue weighted by Gasteiger charge is -2.13. The van der Waals surface area contributed by atoms with E-state index in [0.29, 0.717) is 12.1 Å². The van der Waals surface area contributed by atoms with Crippen molar-refractivity contribution in [1.29, 1.82) is 0 Å². The molecule has 0 fully saturated rings. The molecule has 5 heteroatoms. The van der Waals surface area contributed by atoms with Crippen molar-refractivity contribution in [2.75, 3.05) is 11.9 Å². The molecular weight excluding hydrogens is 206 g/mol. The minimum absolute atomic E-state index is 0.0682. The molecule has 16 heavy (non-hydrogen) atoms. The molecule has 0 aromatic heterocycles. The van der Waals surface area contributed by atoms with Gasteiger partial charge < -0.3 is 11.1 Å². The molecule has 0 heterocycles. The van der Waals surface area contributed by atoms with Crippen molar-refractivity contribution in [2.24, 2.45) is 5.73 Å². The maximum Gasteiger partial charge on any atom is 0.274 e. The average molecular weight is 223 g/mol. The van der Waals surface area contributed by atoms with E-state index in [9.17, 15) is 10.1 Å². The first-order valence-corrected chi connectivity index (χ1v) is 5.29. The van der Waals surface area contributed by atoms with Gasteiger partial charge >= 0.3 is 0 Å². The normalized spacial score (nSPS) is 12.2. The van der Waals surface area contributed by atoms with Crippen LogP contribution in [0.4, 0.5) is 11.4 Å². The monoisotopic (exact) mass is 223 g/mol. The molecule has 0 aliphatic carbocycles. The maximum atomic E-state index is 10.7. The summed E-state index contributed by atoms with van der Waals surface area (Å²) in [6.07, 6.45) is 0.876. The number of nitrogens with zero attached hydrogens (tertiary/aromatic N) is 1. The van der Waals surface area contributed by atoms with Crippen LogP contribution in [-0.4, -0.2) is 17.5 Å². The van der Waals surface area contributed by atoms with E-state index >= 15 is 0 Å². The summed E-state index contributed by atoms with van der Waals surface area (Å²) in [6, 6.07) is 5.06. The maximum absolute atomic E-state index is 10.7. The van der Waals surface area contributed by atoms with Gasteiger partial charge in [0.15, 0.2) is 0 Å². The van der Waals surface area contributed by atoms with Crippen LogP contribution in [0.15, 0.2) is 18.2 Å². The molecule has 1 rings (SSSR count). The molecule has 0 spiro atoms. The zero-order valence-corrected chi connectivity index (χ0v) is 9.56. The lowest BCUT2D eigenvalue weighted by molar-refractivity contribution is -0.385. The van der Waals surface area contributed by atoms with Crippen molar-refractivity contribution in [2.45, 2.75) is 26.3 Å². The zero-order chi connectivity index (χ0) is 12.1. The average Bonchev–Trinajstić information content (AvgIpc) is 2.26. The van der Waals surface area contributed by atoms with Gasteiger partial charge in [-0.15, -0.1) is 0 Å². The van der Waals surface area contributed by atoms with Gasteiger partial charge in [0, 0.05) is 29.9 Å². The number of rotatable bonds is 5. The van der Waals surface area contributed by atoms with E-state index in [0.717, 1.165) is 12.1 Å². The molecule has 88 valence electrons. The number of nitrogens with two attached hydrogens (primary N) is 1. The smallest absolute Gasteiger partial charge is 0.274 e. The second-order valence-electron chi connectivity index (χ2n) is 3.76. The standard InChI is InChI=1S/C11H17N3O2/c1-3-9(12)7-13-10-5-4-6-11(8(10)2)14(15)16/h4-6,9,13H,3,7,12H2,1-2H3. The SMILES string of the molecule is CCC(N)CNc1cccc([N+](=O)[O-])c1C. The highest BCUT2D eigenvalue weighted by Gasteiger charge is 2.13. The molecule has 0 amide bonds. The van der Waals surface area contributed by atoms with Crippen molar-refractivity contribution in [1.82, 2.24) is 0 Å². The number of anilines is 1. The Morgan fingerprint density at radius 3 is 2.81 bits per heavy atom. The lowest BCUT2D eigenvalue weighted by atomic mass is 10.1. The predicted molar refractivity (Wildman–Crippen MR) is 64.6 cm³/mol. The molecule has 0 saturated heterocycles. The van der Waals surface area contributed by atoms with Crippen molar-refractivity contribution >= 4 is 11.4 Å². The minimum Gasteiger partial charge on any atom is -0.383 e. The summed E-state index contributed by atoms with van der Waals surface area (Å²) in [5.41, 5.74) is 7.33. The third-order valence-electron chi connectivity index (χ3n) is 2.58. The van der Waals surface area contributed by atoms with Crippen molar-refractivity contribution in [3.05, 3.63) is 33.9 Å². The van der Waals surface area contributed by atoms with Gasteiger partial charge in [-0.2, -0.15) is 0 Å². The van der Waals surface area contributed by atoms with Crippen LogP contribution in [0.5, 0.6) is 0 Å². The topological polar surface area (TPSA) is 81.2 Å². The zero-order valence-electron chi connectivity index (χ0n) is 9.56. The molecule has 0 saturated carbocycles. The number of nitro benzene ring substituents is 1. The quantitative estimate of drug-likeness (QED) is 0.591. The molecule has 5 nitrogen and oxygen atoms in total. The van der Waals surface area contributed by atoms with Gasteiger partial charge in [0.05, 0.1) is 4.92 Å². The van der Waals surface area contributed by atoms with Crippen LogP contribution in [0.25, 0.3) is 0 Å². The van der Waals surface area contributed by atoms with Crippen molar-refractivity contribution < 1.29 is 4.92 Å². The predicted octanol–water partition coefficient (Wildman–Crippen LogP) is 2.05. The summed E-state index contributed by atoms with van der Waals surface area (Å²) in [5, 5.41) is 13.9. The highest BCUT2D eigenvalue weighted by Crippen LogP contribution is 2.24. The van der Waals surface area contributed by atoms with E-state index in [2.05, 4.69) is 5.32 Å². The molecule has 1 aromatic carbocycles. The Labute approximate surface area is 94.8 Å². The van der Waals surface area contributed by atoms with Crippen LogP contribution >= 0.6 is 0 Å². The number of hydrogen-bond acceptors (Lipinski definition) is 4. The first-order chi connectivity index (χ1) is 7.56. The molecule has 1 atom stereocenters. The second kappa shape index (κ2) is 5.46. The Morgan fingerprint density at radius 2 is 2.25 bits per heavy atom. The highest BCUT2D eigenvalue weighted by molar-refractivity contribution is 5.59. The van der Waals surface area contributed by atoms with E-state index in [1.807, 2.05) is 13.0 Å². The molecule has 0 bridgehead atoms. The first kappa shape index (κ1) is 12.4. The number of nitrogens with one attached hydrogen (secondary N) is 1. The summed E-state index contributed by atoms with van der Waals surface area (Å²) >= 11 is 0. The Bertz CT molecular complexity index is 379. The van der Waals surface area contributed by atoms with Crippen LogP contribution in [0.2, 0.25) is 0 Å². The molecular formula is C11H17N3O2. The number of hydrogen-bond donors (Lipinski definition) is 2. The van der Waals surface area contributed by atoms with E-state index in [1.165, 1.54) is 6.07 Å². The fraction of sp³-hybridized carbons (Fsp3) is 0.455. The summed E-state index contributed by atoms with van der Waals surface area (Å²) < 4.78 is 0. The fourth-order valence-electron chi connectivity index (χ4n) is 1.40. The van der Waals surface area contributed by atoms with Crippen LogP contribution in [0.1, 0.15) is 18.9 Å². The van der Waals surface area contributed by atoms with Gasteiger partial charge in [-0.25, -0.2) is 0 Å². The molecule has 1 aromatic rings. The van der Waals surface area contributed by atoms with Gasteiger partial charge in [0.25, 0.3) is 5.69 Å². The van der Waals surface area contributed by atoms with E-state index in [1.54, 1.807) is 13.0 Å². The summed E-state index contributed by atoms with van der Waals surface area (Å²) in [6.45, 7) is 4.36. The number of nitro groups is 1. The van der Waals surface area contributed by atoms with E-state index < -0.39 is 0 Å². The van der Waals surface area contributed by atoms with Gasteiger partial charge in [0.1, 0.15) is 0 Å². The molecule has 3 N–H and O–H groups in total.